The SMILES string of the molecule is COc1ccc(NC(=O)CN(C)c2ncc(C(F)(F)F)cc2Cl)cc1. The van der Waals surface area contributed by atoms with Crippen LogP contribution in [0.3, 0.4) is 0 Å². The molecule has 0 fully saturated rings. The van der Waals surface area contributed by atoms with Crippen molar-refractivity contribution < 1.29 is 22.7 Å². The summed E-state index contributed by atoms with van der Waals surface area (Å²) in [6, 6.07) is 7.49. The van der Waals surface area contributed by atoms with Crippen LogP contribution in [-0.4, -0.2) is 31.6 Å². The Morgan fingerprint density at radius 1 is 1.32 bits per heavy atom. The van der Waals surface area contributed by atoms with Gasteiger partial charge in [-0.1, -0.05) is 11.6 Å². The van der Waals surface area contributed by atoms with Crippen molar-refractivity contribution >= 4 is 29.0 Å². The van der Waals surface area contributed by atoms with E-state index < -0.39 is 11.7 Å². The normalized spacial score (nSPS) is 11.1. The number of pyridine rings is 1. The van der Waals surface area contributed by atoms with Gasteiger partial charge in [0.2, 0.25) is 5.91 Å². The number of anilines is 2. The average molecular weight is 374 g/mol. The van der Waals surface area contributed by atoms with Crippen LogP contribution in [0.5, 0.6) is 5.75 Å². The number of halogens is 4. The molecule has 5 nitrogen and oxygen atoms in total. The molecule has 2 aromatic rings. The van der Waals surface area contributed by atoms with E-state index in [4.69, 9.17) is 16.3 Å². The predicted octanol–water partition coefficient (Wildman–Crippen LogP) is 3.84. The number of aromatic nitrogens is 1. The minimum atomic E-state index is -4.53. The Hall–Kier alpha value is -2.48. The van der Waals surface area contributed by atoms with E-state index in [0.29, 0.717) is 17.6 Å². The quantitative estimate of drug-likeness (QED) is 0.865. The van der Waals surface area contributed by atoms with Crippen LogP contribution in [0.4, 0.5) is 24.7 Å². The molecule has 1 aromatic heterocycles. The number of ether oxygens (including phenoxy) is 1. The molecule has 1 aromatic carbocycles. The van der Waals surface area contributed by atoms with Gasteiger partial charge in [0.1, 0.15) is 11.6 Å². The third-order valence-electron chi connectivity index (χ3n) is 3.27. The summed E-state index contributed by atoms with van der Waals surface area (Å²) in [5.41, 5.74) is -0.386. The maximum absolute atomic E-state index is 12.6. The van der Waals surface area contributed by atoms with Gasteiger partial charge in [-0.05, 0) is 30.3 Å². The lowest BCUT2D eigenvalue weighted by Gasteiger charge is -2.19. The number of carbonyl (C=O) groups excluding carboxylic acids is 1. The Morgan fingerprint density at radius 3 is 2.48 bits per heavy atom. The van der Waals surface area contributed by atoms with E-state index in [9.17, 15) is 18.0 Å². The molecule has 0 aliphatic rings. The van der Waals surface area contributed by atoms with Crippen LogP contribution < -0.4 is 15.0 Å². The molecule has 134 valence electrons. The molecule has 0 spiro atoms. The molecule has 0 saturated carbocycles. The van der Waals surface area contributed by atoms with Gasteiger partial charge in [0.05, 0.1) is 24.2 Å². The van der Waals surface area contributed by atoms with Crippen molar-refractivity contribution in [2.24, 2.45) is 0 Å². The fourth-order valence-corrected chi connectivity index (χ4v) is 2.34. The number of hydrogen-bond donors (Lipinski definition) is 1. The van der Waals surface area contributed by atoms with E-state index in [1.807, 2.05) is 0 Å². The van der Waals surface area contributed by atoms with Crippen molar-refractivity contribution in [3.63, 3.8) is 0 Å². The standard InChI is InChI=1S/C16H15ClF3N3O2/c1-23(15-13(17)7-10(8-21-15)16(18,19)20)9-14(24)22-11-3-5-12(25-2)6-4-11/h3-8H,9H2,1-2H3,(H,22,24). The van der Waals surface area contributed by atoms with Crippen LogP contribution in [0.2, 0.25) is 5.02 Å². The number of carbonyl (C=O) groups is 1. The molecule has 0 atom stereocenters. The predicted molar refractivity (Wildman–Crippen MR) is 89.1 cm³/mol. The highest BCUT2D eigenvalue weighted by molar-refractivity contribution is 6.33. The lowest BCUT2D eigenvalue weighted by atomic mass is 10.2. The summed E-state index contributed by atoms with van der Waals surface area (Å²) in [5, 5.41) is 2.48. The first-order valence-electron chi connectivity index (χ1n) is 7.08. The van der Waals surface area contributed by atoms with Gasteiger partial charge >= 0.3 is 6.18 Å². The number of alkyl halides is 3. The summed E-state index contributed by atoms with van der Waals surface area (Å²) >= 11 is 5.86. The van der Waals surface area contributed by atoms with E-state index in [0.717, 1.165) is 6.07 Å². The van der Waals surface area contributed by atoms with Gasteiger partial charge in [0, 0.05) is 18.9 Å². The number of likely N-dealkylation sites (N-methyl/N-ethyl adjacent to an activating group) is 1. The Balaban J connectivity index is 2.03. The zero-order valence-electron chi connectivity index (χ0n) is 13.4. The fraction of sp³-hybridized carbons (Fsp3) is 0.250. The van der Waals surface area contributed by atoms with E-state index >= 15 is 0 Å². The molecule has 1 amide bonds. The molecular weight excluding hydrogens is 359 g/mol. The molecular formula is C16H15ClF3N3O2. The number of amides is 1. The molecule has 0 bridgehead atoms. The molecule has 0 radical (unpaired) electrons. The summed E-state index contributed by atoms with van der Waals surface area (Å²) in [7, 11) is 3.04. The molecule has 1 heterocycles. The zero-order chi connectivity index (χ0) is 18.6. The van der Waals surface area contributed by atoms with Crippen molar-refractivity contribution in [3.05, 3.63) is 47.1 Å². The number of benzene rings is 1. The molecule has 9 heteroatoms. The van der Waals surface area contributed by atoms with Crippen molar-refractivity contribution in [2.45, 2.75) is 6.18 Å². The van der Waals surface area contributed by atoms with Gasteiger partial charge in [-0.2, -0.15) is 13.2 Å². The molecule has 0 saturated heterocycles. The van der Waals surface area contributed by atoms with Gasteiger partial charge in [-0.15, -0.1) is 0 Å². The van der Waals surface area contributed by atoms with Crippen LogP contribution >= 0.6 is 11.6 Å². The second-order valence-corrected chi connectivity index (χ2v) is 5.57. The fourth-order valence-electron chi connectivity index (χ4n) is 2.03. The number of nitrogens with one attached hydrogen (secondary N) is 1. The van der Waals surface area contributed by atoms with Crippen LogP contribution in [0.1, 0.15) is 5.56 Å². The topological polar surface area (TPSA) is 54.5 Å². The number of nitrogens with zero attached hydrogens (tertiary/aromatic N) is 2. The Labute approximate surface area is 147 Å². The smallest absolute Gasteiger partial charge is 0.417 e. The van der Waals surface area contributed by atoms with Gasteiger partial charge in [0.15, 0.2) is 0 Å². The molecule has 1 N–H and O–H groups in total. The van der Waals surface area contributed by atoms with Gasteiger partial charge < -0.3 is 15.0 Å². The Morgan fingerprint density at radius 2 is 1.96 bits per heavy atom. The summed E-state index contributed by atoms with van der Waals surface area (Å²) in [5.74, 6) is 0.362. The van der Waals surface area contributed by atoms with Gasteiger partial charge in [-0.25, -0.2) is 4.98 Å². The minimum absolute atomic E-state index is 0.0829. The highest BCUT2D eigenvalue weighted by Crippen LogP contribution is 2.33. The second-order valence-electron chi connectivity index (χ2n) is 5.16. The molecule has 25 heavy (non-hydrogen) atoms. The summed E-state index contributed by atoms with van der Waals surface area (Å²) in [6.45, 7) is -0.135. The lowest BCUT2D eigenvalue weighted by Crippen LogP contribution is -2.31. The van der Waals surface area contributed by atoms with E-state index in [1.54, 1.807) is 24.3 Å². The van der Waals surface area contributed by atoms with E-state index in [-0.39, 0.29) is 23.3 Å². The first-order chi connectivity index (χ1) is 11.7. The van der Waals surface area contributed by atoms with Crippen molar-refractivity contribution in [1.29, 1.82) is 0 Å². The first kappa shape index (κ1) is 18.9. The molecule has 0 aliphatic heterocycles. The van der Waals surface area contributed by atoms with Crippen molar-refractivity contribution in [1.82, 2.24) is 4.98 Å². The summed E-state index contributed by atoms with van der Waals surface area (Å²) in [4.78, 5) is 17.1. The van der Waals surface area contributed by atoms with Crippen LogP contribution in [0.15, 0.2) is 36.5 Å². The average Bonchev–Trinajstić information content (AvgIpc) is 2.54. The largest absolute Gasteiger partial charge is 0.497 e. The maximum Gasteiger partial charge on any atom is 0.417 e. The molecule has 2 rings (SSSR count). The monoisotopic (exact) mass is 373 g/mol. The minimum Gasteiger partial charge on any atom is -0.497 e. The van der Waals surface area contributed by atoms with Gasteiger partial charge in [-0.3, -0.25) is 4.79 Å². The lowest BCUT2D eigenvalue weighted by molar-refractivity contribution is -0.137. The van der Waals surface area contributed by atoms with Gasteiger partial charge in [0.25, 0.3) is 0 Å². The maximum atomic E-state index is 12.6. The number of hydrogen-bond acceptors (Lipinski definition) is 4. The third kappa shape index (κ3) is 4.99. The Kier molecular flexibility index (Phi) is 5.73. The third-order valence-corrected chi connectivity index (χ3v) is 3.54. The first-order valence-corrected chi connectivity index (χ1v) is 7.46. The number of rotatable bonds is 5. The van der Waals surface area contributed by atoms with E-state index in [2.05, 4.69) is 10.3 Å². The zero-order valence-corrected chi connectivity index (χ0v) is 14.1. The highest BCUT2D eigenvalue weighted by atomic mass is 35.5. The van der Waals surface area contributed by atoms with Crippen molar-refractivity contribution in [3.8, 4) is 5.75 Å². The molecule has 0 aliphatic carbocycles. The van der Waals surface area contributed by atoms with Crippen LogP contribution in [-0.2, 0) is 11.0 Å². The Bertz CT molecular complexity index is 751. The number of methoxy groups -OCH3 is 1. The van der Waals surface area contributed by atoms with Crippen LogP contribution in [0.25, 0.3) is 0 Å². The highest BCUT2D eigenvalue weighted by Gasteiger charge is 2.32. The molecule has 0 unspecified atom stereocenters. The second kappa shape index (κ2) is 7.60. The van der Waals surface area contributed by atoms with Crippen molar-refractivity contribution in [2.75, 3.05) is 30.9 Å². The summed E-state index contributed by atoms with van der Waals surface area (Å²) < 4.78 is 42.9. The van der Waals surface area contributed by atoms with E-state index in [1.165, 1.54) is 19.1 Å². The van der Waals surface area contributed by atoms with Crippen LogP contribution in [0, 0.1) is 0 Å². The summed E-state index contributed by atoms with van der Waals surface area (Å²) in [6.07, 6.45) is -3.85.